The van der Waals surface area contributed by atoms with E-state index in [1.165, 1.54) is 0 Å². The third-order valence-corrected chi connectivity index (χ3v) is 2.71. The summed E-state index contributed by atoms with van der Waals surface area (Å²) in [5, 5.41) is 7.42. The molecule has 1 aromatic rings. The molecule has 4 heteroatoms. The lowest BCUT2D eigenvalue weighted by Crippen LogP contribution is -2.43. The Kier molecular flexibility index (Phi) is 2.46. The maximum atomic E-state index is 5.94. The highest BCUT2D eigenvalue weighted by Gasteiger charge is 2.28. The van der Waals surface area contributed by atoms with Crippen molar-refractivity contribution in [2.75, 3.05) is 13.1 Å². The van der Waals surface area contributed by atoms with E-state index in [0.29, 0.717) is 0 Å². The van der Waals surface area contributed by atoms with E-state index < -0.39 is 0 Å². The molecule has 1 aromatic heterocycles. The zero-order valence-electron chi connectivity index (χ0n) is 8.79. The summed E-state index contributed by atoms with van der Waals surface area (Å²) in [5.74, 6) is 0.872. The van der Waals surface area contributed by atoms with E-state index >= 15 is 0 Å². The van der Waals surface area contributed by atoms with Gasteiger partial charge in [0.15, 0.2) is 5.75 Å². The summed E-state index contributed by atoms with van der Waals surface area (Å²) in [6.45, 7) is 4.24. The standard InChI is InChI=1S/C10H17N3O/c1-10(3-5-11-6-4-10)14-9-7-12-13(2)8-9/h7-8,11H,3-6H2,1-2H3. The molecule has 0 atom stereocenters. The van der Waals surface area contributed by atoms with Gasteiger partial charge in [0.1, 0.15) is 5.60 Å². The van der Waals surface area contributed by atoms with Gasteiger partial charge in [0.25, 0.3) is 0 Å². The third-order valence-electron chi connectivity index (χ3n) is 2.71. The predicted octanol–water partition coefficient (Wildman–Crippen LogP) is 0.941. The first-order chi connectivity index (χ1) is 6.68. The Balaban J connectivity index is 2.01. The van der Waals surface area contributed by atoms with Gasteiger partial charge in [-0.3, -0.25) is 4.68 Å². The molecule has 1 saturated heterocycles. The monoisotopic (exact) mass is 195 g/mol. The van der Waals surface area contributed by atoms with E-state index in [2.05, 4.69) is 17.3 Å². The number of aromatic nitrogens is 2. The molecule has 1 aliphatic rings. The van der Waals surface area contributed by atoms with Gasteiger partial charge < -0.3 is 10.1 Å². The van der Waals surface area contributed by atoms with Crippen LogP contribution in [0.5, 0.6) is 5.75 Å². The molecular weight excluding hydrogens is 178 g/mol. The van der Waals surface area contributed by atoms with Crippen molar-refractivity contribution in [3.05, 3.63) is 12.4 Å². The van der Waals surface area contributed by atoms with Crippen molar-refractivity contribution < 1.29 is 4.74 Å². The molecule has 4 nitrogen and oxygen atoms in total. The lowest BCUT2D eigenvalue weighted by atomic mass is 9.94. The van der Waals surface area contributed by atoms with Crippen molar-refractivity contribution >= 4 is 0 Å². The van der Waals surface area contributed by atoms with Crippen molar-refractivity contribution in [1.29, 1.82) is 0 Å². The summed E-state index contributed by atoms with van der Waals surface area (Å²) >= 11 is 0. The first kappa shape index (κ1) is 9.52. The van der Waals surface area contributed by atoms with Crippen LogP contribution >= 0.6 is 0 Å². The van der Waals surface area contributed by atoms with Crippen LogP contribution < -0.4 is 10.1 Å². The quantitative estimate of drug-likeness (QED) is 0.763. The van der Waals surface area contributed by atoms with Gasteiger partial charge in [-0.2, -0.15) is 5.10 Å². The fourth-order valence-electron chi connectivity index (χ4n) is 1.79. The molecule has 78 valence electrons. The molecule has 0 bridgehead atoms. The minimum atomic E-state index is -0.0196. The van der Waals surface area contributed by atoms with Crippen LogP contribution in [0.1, 0.15) is 19.8 Å². The highest BCUT2D eigenvalue weighted by Crippen LogP contribution is 2.25. The summed E-state index contributed by atoms with van der Waals surface area (Å²) in [6, 6.07) is 0. The molecule has 0 spiro atoms. The molecule has 0 radical (unpaired) electrons. The van der Waals surface area contributed by atoms with E-state index in [4.69, 9.17) is 4.74 Å². The first-order valence-electron chi connectivity index (χ1n) is 5.06. The molecule has 0 unspecified atom stereocenters. The zero-order valence-corrected chi connectivity index (χ0v) is 8.79. The molecule has 1 fully saturated rings. The van der Waals surface area contributed by atoms with Gasteiger partial charge >= 0.3 is 0 Å². The number of nitrogens with one attached hydrogen (secondary N) is 1. The average molecular weight is 195 g/mol. The molecule has 0 saturated carbocycles. The number of rotatable bonds is 2. The summed E-state index contributed by atoms with van der Waals surface area (Å²) in [4.78, 5) is 0. The number of nitrogens with zero attached hydrogens (tertiary/aromatic N) is 2. The third kappa shape index (κ3) is 2.07. The maximum absolute atomic E-state index is 5.94. The van der Waals surface area contributed by atoms with Crippen LogP contribution in [0.15, 0.2) is 12.4 Å². The van der Waals surface area contributed by atoms with Crippen LogP contribution in [0.3, 0.4) is 0 Å². The predicted molar refractivity (Wildman–Crippen MR) is 54.3 cm³/mol. The zero-order chi connectivity index (χ0) is 10.0. The van der Waals surface area contributed by atoms with Crippen molar-refractivity contribution in [3.63, 3.8) is 0 Å². The van der Waals surface area contributed by atoms with Crippen LogP contribution in [0.25, 0.3) is 0 Å². The Labute approximate surface area is 84.3 Å². The largest absolute Gasteiger partial charge is 0.484 e. The minimum absolute atomic E-state index is 0.0196. The second-order valence-corrected chi connectivity index (χ2v) is 4.15. The van der Waals surface area contributed by atoms with Gasteiger partial charge in [0.05, 0.1) is 12.4 Å². The van der Waals surface area contributed by atoms with E-state index in [1.54, 1.807) is 10.9 Å². The van der Waals surface area contributed by atoms with Gasteiger partial charge in [0, 0.05) is 7.05 Å². The number of aryl methyl sites for hydroxylation is 1. The number of piperidine rings is 1. The van der Waals surface area contributed by atoms with Crippen molar-refractivity contribution in [2.24, 2.45) is 7.05 Å². The van der Waals surface area contributed by atoms with E-state index in [9.17, 15) is 0 Å². The molecule has 1 N–H and O–H groups in total. The summed E-state index contributed by atoms with van der Waals surface area (Å²) in [7, 11) is 1.90. The average Bonchev–Trinajstić information content (AvgIpc) is 2.51. The van der Waals surface area contributed by atoms with Crippen molar-refractivity contribution in [2.45, 2.75) is 25.4 Å². The number of hydrogen-bond donors (Lipinski definition) is 1. The maximum Gasteiger partial charge on any atom is 0.157 e. The molecule has 1 aliphatic heterocycles. The molecular formula is C10H17N3O. The van der Waals surface area contributed by atoms with Crippen LogP contribution in [0, 0.1) is 0 Å². The van der Waals surface area contributed by atoms with Crippen LogP contribution in [-0.2, 0) is 7.05 Å². The van der Waals surface area contributed by atoms with Gasteiger partial charge in [-0.05, 0) is 32.9 Å². The Morgan fingerprint density at radius 2 is 2.21 bits per heavy atom. The SMILES string of the molecule is Cn1cc(OC2(C)CCNCC2)cn1. The number of hydrogen-bond acceptors (Lipinski definition) is 3. The summed E-state index contributed by atoms with van der Waals surface area (Å²) in [5.41, 5.74) is -0.0196. The first-order valence-corrected chi connectivity index (χ1v) is 5.06. The number of ether oxygens (including phenoxy) is 1. The van der Waals surface area contributed by atoms with Crippen LogP contribution in [-0.4, -0.2) is 28.5 Å². The second kappa shape index (κ2) is 3.61. The lowest BCUT2D eigenvalue weighted by molar-refractivity contribution is 0.0555. The summed E-state index contributed by atoms with van der Waals surface area (Å²) in [6.07, 6.45) is 5.80. The van der Waals surface area contributed by atoms with E-state index in [1.807, 2.05) is 13.2 Å². The van der Waals surface area contributed by atoms with Crippen LogP contribution in [0.4, 0.5) is 0 Å². The van der Waals surface area contributed by atoms with Crippen molar-refractivity contribution in [3.8, 4) is 5.75 Å². The topological polar surface area (TPSA) is 39.1 Å². The second-order valence-electron chi connectivity index (χ2n) is 4.15. The molecule has 2 rings (SSSR count). The normalized spacial score (nSPS) is 20.7. The van der Waals surface area contributed by atoms with Gasteiger partial charge in [-0.1, -0.05) is 0 Å². The van der Waals surface area contributed by atoms with Crippen molar-refractivity contribution in [1.82, 2.24) is 15.1 Å². The van der Waals surface area contributed by atoms with E-state index in [-0.39, 0.29) is 5.60 Å². The summed E-state index contributed by atoms with van der Waals surface area (Å²) < 4.78 is 7.70. The lowest BCUT2D eigenvalue weighted by Gasteiger charge is -2.34. The van der Waals surface area contributed by atoms with Gasteiger partial charge in [-0.15, -0.1) is 0 Å². The fraction of sp³-hybridized carbons (Fsp3) is 0.700. The van der Waals surface area contributed by atoms with E-state index in [0.717, 1.165) is 31.7 Å². The Morgan fingerprint density at radius 3 is 2.79 bits per heavy atom. The highest BCUT2D eigenvalue weighted by atomic mass is 16.5. The minimum Gasteiger partial charge on any atom is -0.484 e. The smallest absolute Gasteiger partial charge is 0.157 e. The highest BCUT2D eigenvalue weighted by molar-refractivity contribution is 5.13. The van der Waals surface area contributed by atoms with Gasteiger partial charge in [-0.25, -0.2) is 0 Å². The molecule has 0 aromatic carbocycles. The molecule has 14 heavy (non-hydrogen) atoms. The van der Waals surface area contributed by atoms with Crippen LogP contribution in [0.2, 0.25) is 0 Å². The Morgan fingerprint density at radius 1 is 1.50 bits per heavy atom. The molecule has 0 amide bonds. The molecule has 0 aliphatic carbocycles. The molecule has 2 heterocycles. The van der Waals surface area contributed by atoms with Gasteiger partial charge in [0.2, 0.25) is 0 Å². The fourth-order valence-corrected chi connectivity index (χ4v) is 1.79. The Hall–Kier alpha value is -1.03. The Bertz CT molecular complexity index is 302.